The molecule has 1 fully saturated rings. The molecule has 5 nitrogen and oxygen atoms in total. The molecule has 1 saturated carbocycles. The van der Waals surface area contributed by atoms with Gasteiger partial charge in [-0.2, -0.15) is 5.26 Å². The van der Waals surface area contributed by atoms with Gasteiger partial charge in [-0.3, -0.25) is 9.59 Å². The molecule has 2 bridgehead atoms. The van der Waals surface area contributed by atoms with Crippen molar-refractivity contribution in [3.63, 3.8) is 0 Å². The predicted molar refractivity (Wildman–Crippen MR) is 63.1 cm³/mol. The second-order valence-electron chi connectivity index (χ2n) is 5.11. The number of nitrogens with one attached hydrogen (secondary N) is 1. The quantitative estimate of drug-likeness (QED) is 0.719. The van der Waals surface area contributed by atoms with Crippen LogP contribution in [-0.2, 0) is 9.59 Å². The van der Waals surface area contributed by atoms with Crippen LogP contribution in [0.2, 0.25) is 0 Å². The molecule has 5 atom stereocenters. The molecular weight excluding hydrogens is 232 g/mol. The summed E-state index contributed by atoms with van der Waals surface area (Å²) in [4.78, 5) is 23.3. The second kappa shape index (κ2) is 4.81. The van der Waals surface area contributed by atoms with Crippen molar-refractivity contribution in [2.75, 3.05) is 6.54 Å². The Morgan fingerprint density at radius 2 is 2.06 bits per heavy atom. The number of carbonyl (C=O) groups is 2. The average Bonchev–Trinajstić information content (AvgIpc) is 2.95. The van der Waals surface area contributed by atoms with E-state index in [4.69, 9.17) is 5.26 Å². The third kappa shape index (κ3) is 2.10. The van der Waals surface area contributed by atoms with E-state index in [1.807, 2.05) is 18.2 Å². The lowest BCUT2D eigenvalue weighted by atomic mass is 9.82. The van der Waals surface area contributed by atoms with Gasteiger partial charge in [-0.15, -0.1) is 0 Å². The maximum atomic E-state index is 12.1. The van der Waals surface area contributed by atoms with Gasteiger partial charge >= 0.3 is 5.97 Å². The molecular formula is C13H16N2O3. The van der Waals surface area contributed by atoms with Crippen molar-refractivity contribution in [2.45, 2.75) is 13.3 Å². The molecule has 96 valence electrons. The number of aliphatic carboxylic acids is 1. The zero-order chi connectivity index (χ0) is 13.3. The number of nitriles is 1. The molecule has 0 saturated heterocycles. The van der Waals surface area contributed by atoms with Gasteiger partial charge in [0, 0.05) is 6.54 Å². The van der Waals surface area contributed by atoms with E-state index in [9.17, 15) is 14.7 Å². The number of carbonyl (C=O) groups excluding carboxylic acids is 1. The molecule has 0 aromatic heterocycles. The third-order valence-electron chi connectivity index (χ3n) is 3.85. The molecule has 5 heteroatoms. The minimum atomic E-state index is -0.902. The van der Waals surface area contributed by atoms with Crippen molar-refractivity contribution in [3.05, 3.63) is 12.2 Å². The molecule has 2 rings (SSSR count). The fourth-order valence-electron chi connectivity index (χ4n) is 2.93. The highest BCUT2D eigenvalue weighted by atomic mass is 16.4. The molecule has 0 aromatic carbocycles. The van der Waals surface area contributed by atoms with Gasteiger partial charge < -0.3 is 10.4 Å². The van der Waals surface area contributed by atoms with Gasteiger partial charge in [-0.1, -0.05) is 12.2 Å². The Balaban J connectivity index is 2.03. The fraction of sp³-hybridized carbons (Fsp3) is 0.615. The molecule has 2 N–H and O–H groups in total. The molecule has 0 aliphatic heterocycles. The normalized spacial score (nSPS) is 34.0. The largest absolute Gasteiger partial charge is 0.481 e. The minimum absolute atomic E-state index is 0.0170. The molecule has 2 aliphatic rings. The van der Waals surface area contributed by atoms with Gasteiger partial charge in [-0.25, -0.2) is 0 Å². The van der Waals surface area contributed by atoms with Crippen molar-refractivity contribution in [1.82, 2.24) is 5.32 Å². The fourth-order valence-corrected chi connectivity index (χ4v) is 2.93. The van der Waals surface area contributed by atoms with E-state index in [1.54, 1.807) is 6.92 Å². The first-order valence-electron chi connectivity index (χ1n) is 6.13. The van der Waals surface area contributed by atoms with E-state index in [0.717, 1.165) is 6.42 Å². The lowest BCUT2D eigenvalue weighted by molar-refractivity contribution is -0.147. The van der Waals surface area contributed by atoms with Crippen LogP contribution in [0.25, 0.3) is 0 Å². The lowest BCUT2D eigenvalue weighted by Gasteiger charge is -2.24. The van der Waals surface area contributed by atoms with Gasteiger partial charge in [-0.05, 0) is 25.2 Å². The maximum Gasteiger partial charge on any atom is 0.307 e. The van der Waals surface area contributed by atoms with Crippen LogP contribution in [0, 0.1) is 40.9 Å². The van der Waals surface area contributed by atoms with Crippen LogP contribution < -0.4 is 5.32 Å². The summed E-state index contributed by atoms with van der Waals surface area (Å²) in [5.41, 5.74) is 0. The van der Waals surface area contributed by atoms with Crippen molar-refractivity contribution in [3.8, 4) is 6.07 Å². The van der Waals surface area contributed by atoms with E-state index < -0.39 is 17.8 Å². The van der Waals surface area contributed by atoms with Crippen molar-refractivity contribution >= 4 is 11.9 Å². The predicted octanol–water partition coefficient (Wildman–Crippen LogP) is 0.785. The van der Waals surface area contributed by atoms with Crippen LogP contribution in [-0.4, -0.2) is 23.5 Å². The highest BCUT2D eigenvalue weighted by Gasteiger charge is 2.51. The first-order chi connectivity index (χ1) is 8.54. The Kier molecular flexibility index (Phi) is 3.37. The van der Waals surface area contributed by atoms with Crippen molar-refractivity contribution in [1.29, 1.82) is 5.26 Å². The number of hydrogen-bond donors (Lipinski definition) is 2. The highest BCUT2D eigenvalue weighted by molar-refractivity contribution is 5.86. The number of allylic oxidation sites excluding steroid dienone is 2. The Hall–Kier alpha value is -1.83. The maximum absolute atomic E-state index is 12.1. The van der Waals surface area contributed by atoms with Gasteiger partial charge in [0.1, 0.15) is 0 Å². The van der Waals surface area contributed by atoms with Crippen LogP contribution in [0.1, 0.15) is 13.3 Å². The summed E-state index contributed by atoms with van der Waals surface area (Å²) < 4.78 is 0. The van der Waals surface area contributed by atoms with E-state index in [1.165, 1.54) is 0 Å². The average molecular weight is 248 g/mol. The van der Waals surface area contributed by atoms with Crippen LogP contribution in [0.15, 0.2) is 12.2 Å². The molecule has 5 unspecified atom stereocenters. The standard InChI is InChI=1S/C13H16N2O3/c1-7(5-14)6-15-12(16)10-8-2-3-9(4-8)11(10)13(17)18/h2-3,7-11H,4,6H2,1H3,(H,15,16)(H,17,18). The molecule has 0 radical (unpaired) electrons. The summed E-state index contributed by atoms with van der Waals surface area (Å²) in [6.07, 6.45) is 4.61. The van der Waals surface area contributed by atoms with Gasteiger partial charge in [0.25, 0.3) is 0 Å². The summed E-state index contributed by atoms with van der Waals surface area (Å²) in [5.74, 6) is -2.47. The van der Waals surface area contributed by atoms with Gasteiger partial charge in [0.2, 0.25) is 5.91 Å². The molecule has 0 spiro atoms. The monoisotopic (exact) mass is 248 g/mol. The summed E-state index contributed by atoms with van der Waals surface area (Å²) in [6.45, 7) is 1.99. The molecule has 0 heterocycles. The Labute approximate surface area is 105 Å². The van der Waals surface area contributed by atoms with E-state index in [0.29, 0.717) is 0 Å². The lowest BCUT2D eigenvalue weighted by Crippen LogP contribution is -2.41. The van der Waals surface area contributed by atoms with Crippen LogP contribution in [0.5, 0.6) is 0 Å². The number of rotatable bonds is 4. The van der Waals surface area contributed by atoms with Crippen LogP contribution in [0.4, 0.5) is 0 Å². The molecule has 2 aliphatic carbocycles. The number of nitrogens with zero attached hydrogens (tertiary/aromatic N) is 1. The van der Waals surface area contributed by atoms with E-state index in [-0.39, 0.29) is 30.2 Å². The zero-order valence-electron chi connectivity index (χ0n) is 10.2. The SMILES string of the molecule is CC(C#N)CNC(=O)C1C2C=CC(C2)C1C(=O)O. The van der Waals surface area contributed by atoms with Gasteiger partial charge in [0.05, 0.1) is 23.8 Å². The zero-order valence-corrected chi connectivity index (χ0v) is 10.2. The number of carboxylic acid groups (broad SMARTS) is 1. The minimum Gasteiger partial charge on any atom is -0.481 e. The summed E-state index contributed by atoms with van der Waals surface area (Å²) in [7, 11) is 0. The van der Waals surface area contributed by atoms with E-state index >= 15 is 0 Å². The summed E-state index contributed by atoms with van der Waals surface area (Å²) in [5, 5.41) is 20.6. The Bertz CT molecular complexity index is 438. The Morgan fingerprint density at radius 1 is 1.44 bits per heavy atom. The highest BCUT2D eigenvalue weighted by Crippen LogP contribution is 2.48. The first-order valence-corrected chi connectivity index (χ1v) is 6.13. The smallest absolute Gasteiger partial charge is 0.307 e. The topological polar surface area (TPSA) is 90.2 Å². The number of amides is 1. The summed E-state index contributed by atoms with van der Waals surface area (Å²) >= 11 is 0. The van der Waals surface area contributed by atoms with Gasteiger partial charge in [0.15, 0.2) is 0 Å². The number of hydrogen-bond acceptors (Lipinski definition) is 3. The first kappa shape index (κ1) is 12.6. The molecule has 18 heavy (non-hydrogen) atoms. The Morgan fingerprint density at radius 3 is 2.61 bits per heavy atom. The van der Waals surface area contributed by atoms with E-state index in [2.05, 4.69) is 5.32 Å². The molecule has 0 aromatic rings. The number of carboxylic acids is 1. The van der Waals surface area contributed by atoms with Crippen LogP contribution in [0.3, 0.4) is 0 Å². The number of fused-ring (bicyclic) bond motifs is 2. The third-order valence-corrected chi connectivity index (χ3v) is 3.85. The van der Waals surface area contributed by atoms with Crippen LogP contribution >= 0.6 is 0 Å². The summed E-state index contributed by atoms with van der Waals surface area (Å²) in [6, 6.07) is 2.03. The molecule has 1 amide bonds. The van der Waals surface area contributed by atoms with Crippen molar-refractivity contribution < 1.29 is 14.7 Å². The van der Waals surface area contributed by atoms with Crippen molar-refractivity contribution in [2.24, 2.45) is 29.6 Å². The second-order valence-corrected chi connectivity index (χ2v) is 5.11.